The topological polar surface area (TPSA) is 79.3 Å². The number of aldehydes is 1. The van der Waals surface area contributed by atoms with E-state index in [4.69, 9.17) is 9.47 Å². The molecular formula is C26H38N2O5. The van der Waals surface area contributed by atoms with Gasteiger partial charge in [-0.25, -0.2) is 10.0 Å². The minimum Gasteiger partial charge on any atom is -0.493 e. The lowest BCUT2D eigenvalue weighted by atomic mass is 9.72. The Morgan fingerprint density at radius 2 is 1.91 bits per heavy atom. The van der Waals surface area contributed by atoms with Crippen molar-refractivity contribution in [2.75, 3.05) is 26.7 Å². The number of carbonyl (C=O) groups excluding carboxylic acids is 2. The van der Waals surface area contributed by atoms with Crippen LogP contribution in [0.4, 0.5) is 0 Å². The van der Waals surface area contributed by atoms with E-state index in [-0.39, 0.29) is 17.8 Å². The van der Waals surface area contributed by atoms with Crippen LogP contribution >= 0.6 is 0 Å². The fourth-order valence-corrected chi connectivity index (χ4v) is 5.90. The van der Waals surface area contributed by atoms with Crippen LogP contribution in [0.2, 0.25) is 0 Å². The number of nitrogens with zero attached hydrogens (tertiary/aromatic N) is 2. The predicted molar refractivity (Wildman–Crippen MR) is 125 cm³/mol. The van der Waals surface area contributed by atoms with Gasteiger partial charge >= 0.3 is 0 Å². The molecule has 1 saturated carbocycles. The number of aliphatic hydroxyl groups is 1. The highest BCUT2D eigenvalue weighted by Crippen LogP contribution is 2.48. The summed E-state index contributed by atoms with van der Waals surface area (Å²) in [4.78, 5) is 23.6. The Morgan fingerprint density at radius 3 is 2.58 bits per heavy atom. The van der Waals surface area contributed by atoms with Gasteiger partial charge in [0.1, 0.15) is 0 Å². The van der Waals surface area contributed by atoms with Crippen molar-refractivity contribution in [2.45, 2.75) is 83.0 Å². The average molecular weight is 459 g/mol. The van der Waals surface area contributed by atoms with Crippen LogP contribution in [0.1, 0.15) is 70.3 Å². The van der Waals surface area contributed by atoms with Crippen molar-refractivity contribution in [3.8, 4) is 11.5 Å². The molecule has 3 aliphatic rings. The van der Waals surface area contributed by atoms with E-state index >= 15 is 0 Å². The number of ketones is 1. The van der Waals surface area contributed by atoms with Crippen molar-refractivity contribution < 1.29 is 24.2 Å². The molecule has 4 rings (SSSR count). The van der Waals surface area contributed by atoms with Crippen LogP contribution in [0, 0.1) is 5.41 Å². The summed E-state index contributed by atoms with van der Waals surface area (Å²) in [5.41, 5.74) is 0.691. The Hall–Kier alpha value is -1.96. The molecule has 33 heavy (non-hydrogen) atoms. The van der Waals surface area contributed by atoms with Crippen molar-refractivity contribution in [3.05, 3.63) is 23.8 Å². The number of piperidine rings is 1. The Bertz CT molecular complexity index is 853. The zero-order valence-corrected chi connectivity index (χ0v) is 20.2. The molecule has 1 aromatic rings. The molecule has 0 aromatic heterocycles. The number of methoxy groups -OCH3 is 1. The molecule has 2 aliphatic heterocycles. The molecule has 0 radical (unpaired) electrons. The SMILES string of the molecule is COc1ccc([C@@H]2CN(N3CCCCC3C(=O)C=O)C[C@@]2(C)[C@@H](C)O)cc1OC1CCCC1. The standard InChI is InChI=1S/C26H38N2O5/c1-18(30)26(2)17-27(28-13-7-6-10-22(28)23(31)16-29)15-21(26)19-11-12-24(32-3)25(14-19)33-20-8-4-5-9-20/h11-12,14,16,18,20-22,30H,4-10,13,15,17H2,1-3H3/t18-,21+,22?,26+/m1/s1. The summed E-state index contributed by atoms with van der Waals surface area (Å²) in [5.74, 6) is 1.18. The Labute approximate surface area is 197 Å². The van der Waals surface area contributed by atoms with Crippen molar-refractivity contribution in [1.82, 2.24) is 10.0 Å². The van der Waals surface area contributed by atoms with Crippen LogP contribution in [0.3, 0.4) is 0 Å². The van der Waals surface area contributed by atoms with E-state index in [0.29, 0.717) is 25.8 Å². The van der Waals surface area contributed by atoms with E-state index < -0.39 is 17.6 Å². The second-order valence-corrected chi connectivity index (χ2v) is 10.2. The highest BCUT2D eigenvalue weighted by molar-refractivity contribution is 6.27. The van der Waals surface area contributed by atoms with E-state index in [1.54, 1.807) is 7.11 Å². The lowest BCUT2D eigenvalue weighted by Crippen LogP contribution is -2.54. The first-order valence-electron chi connectivity index (χ1n) is 12.4. The smallest absolute Gasteiger partial charge is 0.213 e. The lowest BCUT2D eigenvalue weighted by molar-refractivity contribution is -0.143. The second-order valence-electron chi connectivity index (χ2n) is 10.2. The molecule has 1 aromatic carbocycles. The maximum absolute atomic E-state index is 12.3. The number of benzene rings is 1. The van der Waals surface area contributed by atoms with E-state index in [9.17, 15) is 14.7 Å². The van der Waals surface area contributed by atoms with Crippen molar-refractivity contribution >= 4 is 12.1 Å². The van der Waals surface area contributed by atoms with Crippen LogP contribution in [0.15, 0.2) is 18.2 Å². The highest BCUT2D eigenvalue weighted by Gasteiger charge is 2.50. The van der Waals surface area contributed by atoms with Gasteiger partial charge in [-0.1, -0.05) is 19.4 Å². The summed E-state index contributed by atoms with van der Waals surface area (Å²) in [6.07, 6.45) is 7.31. The summed E-state index contributed by atoms with van der Waals surface area (Å²) >= 11 is 0. The molecule has 2 heterocycles. The number of aliphatic hydroxyl groups excluding tert-OH is 1. The Morgan fingerprint density at radius 1 is 1.18 bits per heavy atom. The van der Waals surface area contributed by atoms with Gasteiger partial charge in [0.25, 0.3) is 0 Å². The van der Waals surface area contributed by atoms with E-state index in [0.717, 1.165) is 49.3 Å². The first-order valence-corrected chi connectivity index (χ1v) is 12.4. The average Bonchev–Trinajstić information content (AvgIpc) is 3.47. The van der Waals surface area contributed by atoms with Crippen molar-refractivity contribution in [3.63, 3.8) is 0 Å². The van der Waals surface area contributed by atoms with Gasteiger partial charge in [-0.2, -0.15) is 0 Å². The molecule has 3 fully saturated rings. The normalized spacial score (nSPS) is 30.3. The molecule has 1 unspecified atom stereocenters. The summed E-state index contributed by atoms with van der Waals surface area (Å²) in [7, 11) is 1.66. The zero-order valence-electron chi connectivity index (χ0n) is 20.2. The molecule has 7 heteroatoms. The molecule has 1 aliphatic carbocycles. The largest absolute Gasteiger partial charge is 0.493 e. The summed E-state index contributed by atoms with van der Waals surface area (Å²) in [5, 5.41) is 15.1. The Balaban J connectivity index is 1.63. The molecule has 4 atom stereocenters. The van der Waals surface area contributed by atoms with Crippen LogP contribution < -0.4 is 9.47 Å². The summed E-state index contributed by atoms with van der Waals surface area (Å²) in [6, 6.07) is 5.71. The fourth-order valence-electron chi connectivity index (χ4n) is 5.90. The van der Waals surface area contributed by atoms with Crippen LogP contribution in [0.5, 0.6) is 11.5 Å². The number of Topliss-reactive ketones (excluding diaryl/α,β-unsaturated/α-hetero) is 1. The Kier molecular flexibility index (Phi) is 7.41. The second kappa shape index (κ2) is 10.1. The lowest BCUT2D eigenvalue weighted by Gasteiger charge is -2.41. The molecule has 0 spiro atoms. The van der Waals surface area contributed by atoms with Gasteiger partial charge in [-0.3, -0.25) is 9.59 Å². The number of hydrazine groups is 1. The molecular weight excluding hydrogens is 420 g/mol. The van der Waals surface area contributed by atoms with Gasteiger partial charge in [0.05, 0.1) is 25.4 Å². The number of rotatable bonds is 8. The highest BCUT2D eigenvalue weighted by atomic mass is 16.5. The third kappa shape index (κ3) is 4.81. The monoisotopic (exact) mass is 458 g/mol. The predicted octanol–water partition coefficient (Wildman–Crippen LogP) is 3.34. The number of hydrogen-bond acceptors (Lipinski definition) is 7. The summed E-state index contributed by atoms with van der Waals surface area (Å²) < 4.78 is 11.9. The fraction of sp³-hybridized carbons (Fsp3) is 0.692. The number of ether oxygens (including phenoxy) is 2. The van der Waals surface area contributed by atoms with E-state index in [1.165, 1.54) is 12.8 Å². The number of hydrogen-bond donors (Lipinski definition) is 1. The minimum atomic E-state index is -0.543. The van der Waals surface area contributed by atoms with Crippen LogP contribution in [0.25, 0.3) is 0 Å². The first-order chi connectivity index (χ1) is 15.9. The van der Waals surface area contributed by atoms with Gasteiger partial charge in [-0.05, 0) is 63.1 Å². The molecule has 2 saturated heterocycles. The molecule has 7 nitrogen and oxygen atoms in total. The van der Waals surface area contributed by atoms with Gasteiger partial charge in [-0.15, -0.1) is 0 Å². The first kappa shape index (κ1) is 24.2. The van der Waals surface area contributed by atoms with Crippen LogP contribution in [-0.4, -0.2) is 72.2 Å². The van der Waals surface area contributed by atoms with Gasteiger partial charge in [0.15, 0.2) is 17.8 Å². The van der Waals surface area contributed by atoms with Crippen LogP contribution in [-0.2, 0) is 9.59 Å². The molecule has 1 N–H and O–H groups in total. The van der Waals surface area contributed by atoms with Crippen molar-refractivity contribution in [2.24, 2.45) is 5.41 Å². The maximum Gasteiger partial charge on any atom is 0.213 e. The van der Waals surface area contributed by atoms with Crippen molar-refractivity contribution in [1.29, 1.82) is 0 Å². The van der Waals surface area contributed by atoms with E-state index in [2.05, 4.69) is 29.1 Å². The van der Waals surface area contributed by atoms with E-state index in [1.807, 2.05) is 13.0 Å². The zero-order chi connectivity index (χ0) is 23.6. The van der Waals surface area contributed by atoms with Gasteiger partial charge < -0.3 is 14.6 Å². The minimum absolute atomic E-state index is 0.0447. The summed E-state index contributed by atoms with van der Waals surface area (Å²) in [6.45, 7) is 6.03. The van der Waals surface area contributed by atoms with Gasteiger partial charge in [0.2, 0.25) is 5.78 Å². The molecule has 0 amide bonds. The maximum atomic E-state index is 12.3. The third-order valence-electron chi connectivity index (χ3n) is 8.14. The molecule has 182 valence electrons. The molecule has 0 bridgehead atoms. The van der Waals surface area contributed by atoms with Gasteiger partial charge in [0, 0.05) is 31.0 Å². The third-order valence-corrected chi connectivity index (χ3v) is 8.14. The quantitative estimate of drug-likeness (QED) is 0.473. The number of carbonyl (C=O) groups is 2.